The van der Waals surface area contributed by atoms with Crippen LogP contribution in [-0.4, -0.2) is 55.9 Å². The normalized spacial score (nSPS) is 13.4. The SMILES string of the molecule is COc1cc(CN(CC(=O)O)C(=O)COCC2CC2)cc(OC)c1. The van der Waals surface area contributed by atoms with Crippen LogP contribution in [0.4, 0.5) is 0 Å². The second-order valence-corrected chi connectivity index (χ2v) is 5.82. The maximum Gasteiger partial charge on any atom is 0.323 e. The lowest BCUT2D eigenvalue weighted by Gasteiger charge is -2.21. The quantitative estimate of drug-likeness (QED) is 0.697. The smallest absolute Gasteiger partial charge is 0.323 e. The van der Waals surface area contributed by atoms with Gasteiger partial charge in [0.2, 0.25) is 5.91 Å². The minimum atomic E-state index is -1.07. The Morgan fingerprint density at radius 3 is 2.29 bits per heavy atom. The van der Waals surface area contributed by atoms with Crippen LogP contribution in [0.2, 0.25) is 0 Å². The Morgan fingerprint density at radius 2 is 1.79 bits per heavy atom. The van der Waals surface area contributed by atoms with Crippen LogP contribution >= 0.6 is 0 Å². The largest absolute Gasteiger partial charge is 0.497 e. The van der Waals surface area contributed by atoms with E-state index in [1.807, 2.05) is 0 Å². The van der Waals surface area contributed by atoms with Crippen LogP contribution in [0, 0.1) is 5.92 Å². The number of hydrogen-bond donors (Lipinski definition) is 1. The zero-order chi connectivity index (χ0) is 17.5. The van der Waals surface area contributed by atoms with Gasteiger partial charge in [0.1, 0.15) is 24.7 Å². The van der Waals surface area contributed by atoms with Crippen molar-refractivity contribution in [1.29, 1.82) is 0 Å². The molecule has 1 aliphatic rings. The van der Waals surface area contributed by atoms with Crippen molar-refractivity contribution in [2.75, 3.05) is 34.0 Å². The highest BCUT2D eigenvalue weighted by atomic mass is 16.5. The van der Waals surface area contributed by atoms with Gasteiger partial charge in [-0.2, -0.15) is 0 Å². The molecule has 24 heavy (non-hydrogen) atoms. The van der Waals surface area contributed by atoms with Gasteiger partial charge in [-0.3, -0.25) is 9.59 Å². The fourth-order valence-electron chi connectivity index (χ4n) is 2.26. The summed E-state index contributed by atoms with van der Waals surface area (Å²) in [7, 11) is 3.06. The van der Waals surface area contributed by atoms with Crippen molar-refractivity contribution in [1.82, 2.24) is 4.90 Å². The Hall–Kier alpha value is -2.28. The van der Waals surface area contributed by atoms with Crippen molar-refractivity contribution in [2.24, 2.45) is 5.92 Å². The molecule has 0 aromatic heterocycles. The summed E-state index contributed by atoms with van der Waals surface area (Å²) in [5.41, 5.74) is 0.725. The Bertz CT molecular complexity index is 562. The average Bonchev–Trinajstić information content (AvgIpc) is 3.37. The van der Waals surface area contributed by atoms with E-state index in [1.54, 1.807) is 18.2 Å². The third-order valence-electron chi connectivity index (χ3n) is 3.74. The van der Waals surface area contributed by atoms with E-state index in [-0.39, 0.29) is 25.6 Å². The second-order valence-electron chi connectivity index (χ2n) is 5.82. The molecule has 7 nitrogen and oxygen atoms in total. The lowest BCUT2D eigenvalue weighted by molar-refractivity contribution is -0.147. The molecule has 1 aromatic rings. The predicted octanol–water partition coefficient (Wildman–Crippen LogP) is 1.54. The van der Waals surface area contributed by atoms with Gasteiger partial charge >= 0.3 is 5.97 Å². The summed E-state index contributed by atoms with van der Waals surface area (Å²) in [6.07, 6.45) is 2.27. The molecule has 7 heteroatoms. The molecular formula is C17H23NO6. The first-order valence-corrected chi connectivity index (χ1v) is 7.81. The van der Waals surface area contributed by atoms with Gasteiger partial charge in [-0.1, -0.05) is 0 Å². The number of methoxy groups -OCH3 is 2. The molecule has 0 saturated heterocycles. The molecule has 0 unspecified atom stereocenters. The highest BCUT2D eigenvalue weighted by Crippen LogP contribution is 2.28. The zero-order valence-electron chi connectivity index (χ0n) is 14.0. The van der Waals surface area contributed by atoms with Crippen molar-refractivity contribution in [3.05, 3.63) is 23.8 Å². The van der Waals surface area contributed by atoms with E-state index in [9.17, 15) is 9.59 Å². The van der Waals surface area contributed by atoms with Gasteiger partial charge in [0.25, 0.3) is 0 Å². The number of aliphatic carboxylic acids is 1. The Morgan fingerprint density at radius 1 is 1.17 bits per heavy atom. The number of benzene rings is 1. The third kappa shape index (κ3) is 5.73. The van der Waals surface area contributed by atoms with Crippen molar-refractivity contribution < 1.29 is 28.9 Å². The van der Waals surface area contributed by atoms with E-state index < -0.39 is 5.97 Å². The van der Waals surface area contributed by atoms with Gasteiger partial charge in [-0.05, 0) is 36.5 Å². The van der Waals surface area contributed by atoms with E-state index in [0.717, 1.165) is 18.4 Å². The summed E-state index contributed by atoms with van der Waals surface area (Å²) in [6.45, 7) is 0.209. The number of ether oxygens (including phenoxy) is 3. The number of carbonyl (C=O) groups is 2. The summed E-state index contributed by atoms with van der Waals surface area (Å²) >= 11 is 0. The van der Waals surface area contributed by atoms with E-state index in [1.165, 1.54) is 19.1 Å². The first-order chi connectivity index (χ1) is 11.5. The molecule has 1 amide bonds. The highest BCUT2D eigenvalue weighted by Gasteiger charge is 2.23. The minimum Gasteiger partial charge on any atom is -0.497 e. The van der Waals surface area contributed by atoms with E-state index in [0.29, 0.717) is 24.0 Å². The van der Waals surface area contributed by atoms with Crippen LogP contribution < -0.4 is 9.47 Å². The molecule has 1 aliphatic carbocycles. The Labute approximate surface area is 141 Å². The predicted molar refractivity (Wildman–Crippen MR) is 86.1 cm³/mol. The summed E-state index contributed by atoms with van der Waals surface area (Å²) in [4.78, 5) is 24.6. The lowest BCUT2D eigenvalue weighted by atomic mass is 10.2. The van der Waals surface area contributed by atoms with Crippen LogP contribution in [0.5, 0.6) is 11.5 Å². The van der Waals surface area contributed by atoms with Gasteiger partial charge in [-0.25, -0.2) is 0 Å². The van der Waals surface area contributed by atoms with Crippen LogP contribution in [0.25, 0.3) is 0 Å². The number of carboxylic acid groups (broad SMARTS) is 1. The summed E-state index contributed by atoms with van der Waals surface area (Å²) in [5.74, 6) is 0.294. The molecule has 1 fully saturated rings. The molecule has 1 aromatic carbocycles. The molecule has 0 heterocycles. The molecule has 0 spiro atoms. The molecule has 0 atom stereocenters. The van der Waals surface area contributed by atoms with Gasteiger partial charge in [0.05, 0.1) is 20.8 Å². The van der Waals surface area contributed by atoms with Crippen LogP contribution in [0.15, 0.2) is 18.2 Å². The van der Waals surface area contributed by atoms with Gasteiger partial charge in [0, 0.05) is 12.6 Å². The van der Waals surface area contributed by atoms with Gasteiger partial charge in [0.15, 0.2) is 0 Å². The summed E-state index contributed by atoms with van der Waals surface area (Å²) in [6, 6.07) is 5.21. The number of amides is 1. The monoisotopic (exact) mass is 337 g/mol. The Kier molecular flexibility index (Phi) is 6.43. The average molecular weight is 337 g/mol. The molecule has 1 saturated carbocycles. The van der Waals surface area contributed by atoms with Crippen molar-refractivity contribution in [2.45, 2.75) is 19.4 Å². The van der Waals surface area contributed by atoms with Crippen LogP contribution in [0.1, 0.15) is 18.4 Å². The van der Waals surface area contributed by atoms with E-state index in [4.69, 9.17) is 19.3 Å². The minimum absolute atomic E-state index is 0.106. The molecule has 132 valence electrons. The standard InChI is InChI=1S/C17H23NO6/c1-22-14-5-13(6-15(7-14)23-2)8-18(9-17(20)21)16(19)11-24-10-12-3-4-12/h5-7,12H,3-4,8-11H2,1-2H3,(H,20,21). The number of hydrogen-bond acceptors (Lipinski definition) is 5. The fourth-order valence-corrected chi connectivity index (χ4v) is 2.26. The molecule has 0 radical (unpaired) electrons. The molecule has 0 aliphatic heterocycles. The van der Waals surface area contributed by atoms with Crippen LogP contribution in [-0.2, 0) is 20.9 Å². The first-order valence-electron chi connectivity index (χ1n) is 7.81. The zero-order valence-corrected chi connectivity index (χ0v) is 14.0. The maximum atomic E-state index is 12.3. The number of carboxylic acids is 1. The maximum absolute atomic E-state index is 12.3. The van der Waals surface area contributed by atoms with E-state index in [2.05, 4.69) is 0 Å². The lowest BCUT2D eigenvalue weighted by Crippen LogP contribution is -2.37. The van der Waals surface area contributed by atoms with Crippen LogP contribution in [0.3, 0.4) is 0 Å². The van der Waals surface area contributed by atoms with Crippen molar-refractivity contribution >= 4 is 11.9 Å². The van der Waals surface area contributed by atoms with Gasteiger partial charge < -0.3 is 24.2 Å². The second kappa shape index (κ2) is 8.54. The van der Waals surface area contributed by atoms with Crippen molar-refractivity contribution in [3.63, 3.8) is 0 Å². The number of nitrogens with zero attached hydrogens (tertiary/aromatic N) is 1. The fraction of sp³-hybridized carbons (Fsp3) is 0.529. The third-order valence-corrected chi connectivity index (χ3v) is 3.74. The number of rotatable bonds is 10. The Balaban J connectivity index is 2.03. The topological polar surface area (TPSA) is 85.3 Å². The molecule has 2 rings (SSSR count). The summed E-state index contributed by atoms with van der Waals surface area (Å²) in [5, 5.41) is 9.05. The first kappa shape index (κ1) is 18.1. The van der Waals surface area contributed by atoms with E-state index >= 15 is 0 Å². The van der Waals surface area contributed by atoms with Crippen molar-refractivity contribution in [3.8, 4) is 11.5 Å². The number of carbonyl (C=O) groups excluding carboxylic acids is 1. The molecule has 0 bridgehead atoms. The molecular weight excluding hydrogens is 314 g/mol. The highest BCUT2D eigenvalue weighted by molar-refractivity contribution is 5.82. The molecule has 1 N–H and O–H groups in total. The summed E-state index contributed by atoms with van der Waals surface area (Å²) < 4.78 is 15.8. The van der Waals surface area contributed by atoms with Gasteiger partial charge in [-0.15, -0.1) is 0 Å².